The highest BCUT2D eigenvalue weighted by atomic mass is 31.1. The van der Waals surface area contributed by atoms with Crippen LogP contribution in [0.1, 0.15) is 13.3 Å². The molecule has 3 atom stereocenters. The Morgan fingerprint density at radius 1 is 1.82 bits per heavy atom. The predicted octanol–water partition coefficient (Wildman–Crippen LogP) is 0.810. The number of ether oxygens (including phenoxy) is 1. The normalized spacial score (nSPS) is 34.0. The summed E-state index contributed by atoms with van der Waals surface area (Å²) in [4.78, 5) is 8.35. The zero-order valence-corrected chi connectivity index (χ0v) is 7.45. The van der Waals surface area contributed by atoms with Crippen molar-refractivity contribution >= 4 is 8.25 Å². The number of hydrogen-bond donors (Lipinski definition) is 1. The van der Waals surface area contributed by atoms with Crippen molar-refractivity contribution in [3.05, 3.63) is 0 Å². The first kappa shape index (κ1) is 9.20. The van der Waals surface area contributed by atoms with E-state index >= 15 is 0 Å². The monoisotopic (exact) mass is 180 g/mol. The molecule has 0 spiro atoms. The second kappa shape index (κ2) is 4.21. The lowest BCUT2D eigenvalue weighted by Crippen LogP contribution is -2.11. The third-order valence-corrected chi connectivity index (χ3v) is 2.09. The number of rotatable bonds is 3. The Morgan fingerprint density at radius 2 is 2.55 bits per heavy atom. The summed E-state index contributed by atoms with van der Waals surface area (Å²) in [6.45, 7) is 3.07. The van der Waals surface area contributed by atoms with Crippen LogP contribution in [0.2, 0.25) is 0 Å². The van der Waals surface area contributed by atoms with Crippen molar-refractivity contribution in [3.63, 3.8) is 0 Å². The Labute approximate surface area is 66.5 Å². The topological polar surface area (TPSA) is 55.8 Å². The minimum Gasteiger partial charge on any atom is -0.376 e. The molecule has 1 heterocycles. The molecule has 66 valence electrons. The minimum atomic E-state index is -2.77. The predicted molar refractivity (Wildman–Crippen MR) is 40.7 cm³/mol. The second-order valence-corrected chi connectivity index (χ2v) is 3.69. The Balaban J connectivity index is 2.13. The van der Waals surface area contributed by atoms with Gasteiger partial charge in [0.25, 0.3) is 0 Å². The van der Waals surface area contributed by atoms with E-state index in [0.29, 0.717) is 5.92 Å². The van der Waals surface area contributed by atoms with Gasteiger partial charge in [-0.05, 0) is 12.3 Å². The molecule has 1 rings (SSSR count). The van der Waals surface area contributed by atoms with E-state index in [0.717, 1.165) is 13.0 Å². The third-order valence-electron chi connectivity index (χ3n) is 1.67. The van der Waals surface area contributed by atoms with Crippen molar-refractivity contribution in [2.24, 2.45) is 5.92 Å². The molecule has 1 unspecified atom stereocenters. The van der Waals surface area contributed by atoms with Crippen molar-refractivity contribution in [2.45, 2.75) is 19.4 Å². The highest BCUT2D eigenvalue weighted by Gasteiger charge is 2.22. The van der Waals surface area contributed by atoms with Crippen LogP contribution in [0.25, 0.3) is 0 Å². The highest BCUT2D eigenvalue weighted by Crippen LogP contribution is 2.22. The summed E-state index contributed by atoms with van der Waals surface area (Å²) in [5, 5.41) is 0. The minimum absolute atomic E-state index is 0.0195. The molecule has 11 heavy (non-hydrogen) atoms. The first-order valence-electron chi connectivity index (χ1n) is 3.66. The lowest BCUT2D eigenvalue weighted by Gasteiger charge is -2.06. The molecule has 1 saturated heterocycles. The van der Waals surface area contributed by atoms with Crippen LogP contribution >= 0.6 is 8.25 Å². The fourth-order valence-corrected chi connectivity index (χ4v) is 1.49. The summed E-state index contributed by atoms with van der Waals surface area (Å²) in [7, 11) is -2.77. The average molecular weight is 180 g/mol. The smallest absolute Gasteiger partial charge is 0.316 e. The summed E-state index contributed by atoms with van der Waals surface area (Å²) in [6.07, 6.45) is 0.945. The maximum atomic E-state index is 10.1. The van der Waals surface area contributed by atoms with Gasteiger partial charge in [-0.15, -0.1) is 0 Å². The van der Waals surface area contributed by atoms with Gasteiger partial charge in [0, 0.05) is 6.61 Å². The summed E-state index contributed by atoms with van der Waals surface area (Å²) in [5.74, 6) is 0.546. The van der Waals surface area contributed by atoms with Gasteiger partial charge in [0.05, 0.1) is 12.7 Å². The van der Waals surface area contributed by atoms with Crippen molar-refractivity contribution in [3.8, 4) is 0 Å². The van der Waals surface area contributed by atoms with E-state index in [1.165, 1.54) is 0 Å². The maximum absolute atomic E-state index is 10.1. The van der Waals surface area contributed by atoms with Crippen LogP contribution in [0.4, 0.5) is 0 Å². The molecule has 1 fully saturated rings. The Hall–Kier alpha value is 0.110. The van der Waals surface area contributed by atoms with Crippen LogP contribution in [-0.4, -0.2) is 24.2 Å². The molecule has 1 aliphatic heterocycles. The van der Waals surface area contributed by atoms with Crippen LogP contribution in [0.5, 0.6) is 0 Å². The van der Waals surface area contributed by atoms with Crippen molar-refractivity contribution in [1.29, 1.82) is 0 Å². The molecule has 0 bridgehead atoms. The molecule has 0 aliphatic carbocycles. The first-order chi connectivity index (χ1) is 5.18. The lowest BCUT2D eigenvalue weighted by molar-refractivity contribution is 0.0649. The Kier molecular flexibility index (Phi) is 3.52. The van der Waals surface area contributed by atoms with E-state index in [2.05, 4.69) is 11.4 Å². The molecule has 0 saturated carbocycles. The number of hydrogen-bond acceptors (Lipinski definition) is 3. The average Bonchev–Trinajstić information content (AvgIpc) is 2.31. The van der Waals surface area contributed by atoms with Crippen molar-refractivity contribution in [2.75, 3.05) is 13.2 Å². The van der Waals surface area contributed by atoms with Gasteiger partial charge in [-0.3, -0.25) is 4.57 Å². The van der Waals surface area contributed by atoms with Gasteiger partial charge in [-0.25, -0.2) is 0 Å². The zero-order chi connectivity index (χ0) is 8.27. The zero-order valence-electron chi connectivity index (χ0n) is 6.45. The maximum Gasteiger partial charge on any atom is 0.316 e. The molecular weight excluding hydrogens is 167 g/mol. The molecule has 1 aliphatic rings. The van der Waals surface area contributed by atoms with E-state index in [4.69, 9.17) is 9.63 Å². The largest absolute Gasteiger partial charge is 0.376 e. The van der Waals surface area contributed by atoms with E-state index in [9.17, 15) is 4.57 Å². The molecule has 1 N–H and O–H groups in total. The van der Waals surface area contributed by atoms with Gasteiger partial charge in [0.2, 0.25) is 0 Å². The quantitative estimate of drug-likeness (QED) is 0.653. The molecular formula is C6H13O4P. The van der Waals surface area contributed by atoms with Gasteiger partial charge in [-0.1, -0.05) is 6.92 Å². The first-order valence-corrected chi connectivity index (χ1v) is 4.92. The molecule has 0 radical (unpaired) electrons. The van der Waals surface area contributed by atoms with Crippen molar-refractivity contribution < 1.29 is 18.7 Å². The summed E-state index contributed by atoms with van der Waals surface area (Å²) >= 11 is 0. The van der Waals surface area contributed by atoms with E-state index in [1.807, 2.05) is 0 Å². The van der Waals surface area contributed by atoms with Crippen LogP contribution in [0.15, 0.2) is 0 Å². The molecule has 0 aromatic carbocycles. The van der Waals surface area contributed by atoms with Gasteiger partial charge >= 0.3 is 8.25 Å². The van der Waals surface area contributed by atoms with Gasteiger partial charge < -0.3 is 14.2 Å². The SMILES string of the molecule is C[C@@H]1CO[C@H](CO[PH](=O)O)C1. The van der Waals surface area contributed by atoms with Crippen molar-refractivity contribution in [1.82, 2.24) is 0 Å². The lowest BCUT2D eigenvalue weighted by atomic mass is 10.1. The summed E-state index contributed by atoms with van der Waals surface area (Å²) in [6, 6.07) is 0. The van der Waals surface area contributed by atoms with E-state index in [1.54, 1.807) is 0 Å². The summed E-state index contributed by atoms with van der Waals surface area (Å²) in [5.41, 5.74) is 0. The molecule has 5 heteroatoms. The van der Waals surface area contributed by atoms with Gasteiger partial charge in [-0.2, -0.15) is 0 Å². The standard InChI is InChI=1S/C6H13O4P/c1-5-2-6(9-3-5)4-10-11(7)8/h5-6,11H,2-4H2,1H3,(H,7,8)/t5-,6-/m0/s1. The van der Waals surface area contributed by atoms with Crippen LogP contribution in [-0.2, 0) is 13.8 Å². The Bertz CT molecular complexity index is 150. The van der Waals surface area contributed by atoms with Crippen LogP contribution in [0.3, 0.4) is 0 Å². The van der Waals surface area contributed by atoms with Crippen LogP contribution in [0, 0.1) is 5.92 Å². The molecule has 0 amide bonds. The van der Waals surface area contributed by atoms with Crippen LogP contribution < -0.4 is 0 Å². The van der Waals surface area contributed by atoms with E-state index < -0.39 is 8.25 Å². The molecule has 4 nitrogen and oxygen atoms in total. The summed E-state index contributed by atoms with van der Waals surface area (Å²) < 4.78 is 20.0. The van der Waals surface area contributed by atoms with E-state index in [-0.39, 0.29) is 12.7 Å². The van der Waals surface area contributed by atoms with Gasteiger partial charge in [0.15, 0.2) is 0 Å². The van der Waals surface area contributed by atoms with Gasteiger partial charge in [0.1, 0.15) is 0 Å². The fraction of sp³-hybridized carbons (Fsp3) is 1.00. The third kappa shape index (κ3) is 3.34. The Morgan fingerprint density at radius 3 is 3.00 bits per heavy atom. The highest BCUT2D eigenvalue weighted by molar-refractivity contribution is 7.32. The fourth-order valence-electron chi connectivity index (χ4n) is 1.17. The second-order valence-electron chi connectivity index (χ2n) is 2.87. The molecule has 0 aromatic heterocycles. The molecule has 0 aromatic rings.